The van der Waals surface area contributed by atoms with E-state index in [4.69, 9.17) is 16.7 Å². The smallest absolute Gasteiger partial charge is 0.130 e. The number of halogens is 2. The SMILES string of the molecule is OCCCC(O)c1ccc(Cl)cc1F. The Labute approximate surface area is 86.9 Å². The minimum absolute atomic E-state index is 0.00767. The van der Waals surface area contributed by atoms with Crippen molar-refractivity contribution in [3.05, 3.63) is 34.6 Å². The molecule has 78 valence electrons. The molecule has 1 aromatic rings. The van der Waals surface area contributed by atoms with Gasteiger partial charge >= 0.3 is 0 Å². The van der Waals surface area contributed by atoms with Crippen LogP contribution in [0.3, 0.4) is 0 Å². The van der Waals surface area contributed by atoms with E-state index < -0.39 is 11.9 Å². The molecule has 1 aromatic carbocycles. The quantitative estimate of drug-likeness (QED) is 0.814. The summed E-state index contributed by atoms with van der Waals surface area (Å²) < 4.78 is 13.2. The van der Waals surface area contributed by atoms with Crippen molar-refractivity contribution in [1.82, 2.24) is 0 Å². The second-order valence-corrected chi connectivity index (χ2v) is 3.48. The third-order valence-electron chi connectivity index (χ3n) is 1.96. The number of hydrogen-bond donors (Lipinski definition) is 2. The lowest BCUT2D eigenvalue weighted by atomic mass is 10.0. The van der Waals surface area contributed by atoms with Crippen LogP contribution in [0, 0.1) is 5.82 Å². The number of rotatable bonds is 4. The summed E-state index contributed by atoms with van der Waals surface area (Å²) in [6, 6.07) is 4.15. The Morgan fingerprint density at radius 2 is 2.14 bits per heavy atom. The molecule has 0 aromatic heterocycles. The third kappa shape index (κ3) is 2.94. The summed E-state index contributed by atoms with van der Waals surface area (Å²) in [5.41, 5.74) is 0.225. The van der Waals surface area contributed by atoms with E-state index in [2.05, 4.69) is 0 Å². The van der Waals surface area contributed by atoms with Gasteiger partial charge in [0, 0.05) is 17.2 Å². The summed E-state index contributed by atoms with van der Waals surface area (Å²) in [4.78, 5) is 0. The van der Waals surface area contributed by atoms with Crippen LogP contribution in [-0.2, 0) is 0 Å². The van der Waals surface area contributed by atoms with Gasteiger partial charge in [0.25, 0.3) is 0 Å². The molecule has 0 heterocycles. The normalized spacial score (nSPS) is 12.9. The predicted molar refractivity (Wildman–Crippen MR) is 52.7 cm³/mol. The van der Waals surface area contributed by atoms with Crippen LogP contribution in [0.4, 0.5) is 4.39 Å². The van der Waals surface area contributed by atoms with E-state index in [-0.39, 0.29) is 12.2 Å². The van der Waals surface area contributed by atoms with E-state index in [1.54, 1.807) is 0 Å². The lowest BCUT2D eigenvalue weighted by molar-refractivity contribution is 0.148. The van der Waals surface area contributed by atoms with Crippen molar-refractivity contribution in [2.24, 2.45) is 0 Å². The molecule has 0 spiro atoms. The monoisotopic (exact) mass is 218 g/mol. The Hall–Kier alpha value is -0.640. The number of hydrogen-bond acceptors (Lipinski definition) is 2. The zero-order chi connectivity index (χ0) is 10.6. The largest absolute Gasteiger partial charge is 0.396 e. The second kappa shape index (κ2) is 5.29. The van der Waals surface area contributed by atoms with Gasteiger partial charge in [-0.1, -0.05) is 17.7 Å². The molecule has 2 N–H and O–H groups in total. The fraction of sp³-hybridized carbons (Fsp3) is 0.400. The van der Waals surface area contributed by atoms with Crippen molar-refractivity contribution in [3.63, 3.8) is 0 Å². The molecule has 0 aliphatic heterocycles. The van der Waals surface area contributed by atoms with Crippen LogP contribution in [0.5, 0.6) is 0 Å². The van der Waals surface area contributed by atoms with Gasteiger partial charge in [-0.3, -0.25) is 0 Å². The van der Waals surface area contributed by atoms with Crippen LogP contribution in [0.2, 0.25) is 5.02 Å². The maximum atomic E-state index is 13.2. The molecule has 0 saturated heterocycles. The molecule has 0 fully saturated rings. The summed E-state index contributed by atoms with van der Waals surface area (Å²) in [6.45, 7) is -0.00767. The molecule has 0 amide bonds. The molecule has 14 heavy (non-hydrogen) atoms. The Morgan fingerprint density at radius 1 is 1.43 bits per heavy atom. The van der Waals surface area contributed by atoms with E-state index in [1.807, 2.05) is 0 Å². The van der Waals surface area contributed by atoms with Gasteiger partial charge in [-0.2, -0.15) is 0 Å². The van der Waals surface area contributed by atoms with Gasteiger partial charge in [0.05, 0.1) is 6.10 Å². The lowest BCUT2D eigenvalue weighted by Gasteiger charge is -2.10. The zero-order valence-electron chi connectivity index (χ0n) is 7.58. The van der Waals surface area contributed by atoms with Crippen molar-refractivity contribution < 1.29 is 14.6 Å². The molecule has 0 radical (unpaired) electrons. The average Bonchev–Trinajstić information content (AvgIpc) is 2.14. The topological polar surface area (TPSA) is 40.5 Å². The Kier molecular flexibility index (Phi) is 4.32. The van der Waals surface area contributed by atoms with Gasteiger partial charge in [-0.25, -0.2) is 4.39 Å². The van der Waals surface area contributed by atoms with Crippen LogP contribution in [-0.4, -0.2) is 16.8 Å². The van der Waals surface area contributed by atoms with Gasteiger partial charge in [0.15, 0.2) is 0 Å². The maximum absolute atomic E-state index is 13.2. The number of benzene rings is 1. The van der Waals surface area contributed by atoms with Gasteiger partial charge < -0.3 is 10.2 Å². The fourth-order valence-corrected chi connectivity index (χ4v) is 1.37. The van der Waals surface area contributed by atoms with E-state index >= 15 is 0 Å². The first-order valence-electron chi connectivity index (χ1n) is 4.39. The molecule has 0 bridgehead atoms. The van der Waals surface area contributed by atoms with E-state index in [0.29, 0.717) is 17.9 Å². The summed E-state index contributed by atoms with van der Waals surface area (Å²) in [6.07, 6.45) is -0.0856. The molecule has 0 aliphatic rings. The predicted octanol–water partition coefficient (Wildman–Crippen LogP) is 2.29. The van der Waals surface area contributed by atoms with E-state index in [1.165, 1.54) is 18.2 Å². The highest BCUT2D eigenvalue weighted by atomic mass is 35.5. The van der Waals surface area contributed by atoms with Crippen LogP contribution < -0.4 is 0 Å². The molecule has 0 saturated carbocycles. The number of aliphatic hydroxyl groups is 2. The van der Waals surface area contributed by atoms with Gasteiger partial charge in [0.2, 0.25) is 0 Å². The summed E-state index contributed by atoms with van der Waals surface area (Å²) >= 11 is 5.56. The van der Waals surface area contributed by atoms with Crippen molar-refractivity contribution in [3.8, 4) is 0 Å². The molecule has 4 heteroatoms. The first-order chi connectivity index (χ1) is 6.65. The summed E-state index contributed by atoms with van der Waals surface area (Å²) in [5, 5.41) is 18.4. The van der Waals surface area contributed by atoms with Crippen LogP contribution in [0.1, 0.15) is 24.5 Å². The van der Waals surface area contributed by atoms with E-state index in [9.17, 15) is 9.50 Å². The van der Waals surface area contributed by atoms with Gasteiger partial charge in [-0.15, -0.1) is 0 Å². The van der Waals surface area contributed by atoms with Gasteiger partial charge in [-0.05, 0) is 25.0 Å². The molecule has 0 aliphatic carbocycles. The third-order valence-corrected chi connectivity index (χ3v) is 2.19. The van der Waals surface area contributed by atoms with Crippen LogP contribution in [0.25, 0.3) is 0 Å². The Bertz CT molecular complexity index is 304. The molecule has 1 rings (SSSR count). The maximum Gasteiger partial charge on any atom is 0.130 e. The Balaban J connectivity index is 2.74. The first-order valence-corrected chi connectivity index (χ1v) is 4.77. The molecule has 2 nitrogen and oxygen atoms in total. The molecule has 1 unspecified atom stereocenters. The van der Waals surface area contributed by atoms with Crippen molar-refractivity contribution >= 4 is 11.6 Å². The highest BCUT2D eigenvalue weighted by Gasteiger charge is 2.12. The average molecular weight is 219 g/mol. The lowest BCUT2D eigenvalue weighted by Crippen LogP contribution is -2.01. The standard InChI is InChI=1S/C10H12ClFO2/c11-7-3-4-8(9(12)6-7)10(14)2-1-5-13/h3-4,6,10,13-14H,1-2,5H2. The van der Waals surface area contributed by atoms with E-state index in [0.717, 1.165) is 0 Å². The molecular formula is C10H12ClFO2. The van der Waals surface area contributed by atoms with Crippen LogP contribution >= 0.6 is 11.6 Å². The molecule has 1 atom stereocenters. The summed E-state index contributed by atoms with van der Waals surface area (Å²) in [5.74, 6) is -0.511. The second-order valence-electron chi connectivity index (χ2n) is 3.05. The fourth-order valence-electron chi connectivity index (χ4n) is 1.21. The first kappa shape index (κ1) is 11.4. The van der Waals surface area contributed by atoms with Crippen molar-refractivity contribution in [1.29, 1.82) is 0 Å². The summed E-state index contributed by atoms with van der Waals surface area (Å²) in [7, 11) is 0. The molecular weight excluding hydrogens is 207 g/mol. The number of aliphatic hydroxyl groups excluding tert-OH is 2. The van der Waals surface area contributed by atoms with Crippen molar-refractivity contribution in [2.75, 3.05) is 6.61 Å². The van der Waals surface area contributed by atoms with Crippen LogP contribution in [0.15, 0.2) is 18.2 Å². The van der Waals surface area contributed by atoms with Crippen molar-refractivity contribution in [2.45, 2.75) is 18.9 Å². The minimum atomic E-state index is -0.876. The Morgan fingerprint density at radius 3 is 2.71 bits per heavy atom. The minimum Gasteiger partial charge on any atom is -0.396 e. The highest BCUT2D eigenvalue weighted by Crippen LogP contribution is 2.23. The highest BCUT2D eigenvalue weighted by molar-refractivity contribution is 6.30. The van der Waals surface area contributed by atoms with Gasteiger partial charge in [0.1, 0.15) is 5.82 Å². The zero-order valence-corrected chi connectivity index (χ0v) is 8.34.